The molecule has 0 saturated carbocycles. The molecule has 0 saturated heterocycles. The van der Waals surface area contributed by atoms with Gasteiger partial charge in [-0.25, -0.2) is 0 Å². The highest BCUT2D eigenvalue weighted by molar-refractivity contribution is 5.97. The molecular weight excluding hydrogens is 228 g/mol. The first kappa shape index (κ1) is 14.5. The third-order valence-electron chi connectivity index (χ3n) is 2.60. The van der Waals surface area contributed by atoms with E-state index in [0.29, 0.717) is 13.1 Å². The molecule has 4 heteroatoms. The Labute approximate surface area is 109 Å². The number of nitrogens with two attached hydrogens (primary N) is 1. The lowest BCUT2D eigenvalue weighted by Gasteiger charge is -2.29. The minimum atomic E-state index is -0.432. The Morgan fingerprint density at radius 3 is 2.56 bits per heavy atom. The Kier molecular flexibility index (Phi) is 4.73. The van der Waals surface area contributed by atoms with Crippen molar-refractivity contribution in [1.82, 2.24) is 0 Å². The van der Waals surface area contributed by atoms with Gasteiger partial charge in [0.05, 0.1) is 7.11 Å². The summed E-state index contributed by atoms with van der Waals surface area (Å²) in [6.45, 7) is 6.64. The zero-order valence-corrected chi connectivity index (χ0v) is 11.6. The van der Waals surface area contributed by atoms with E-state index in [0.717, 1.165) is 11.4 Å². The second kappa shape index (κ2) is 5.87. The molecule has 2 N–H and O–H groups in total. The number of nitrogens with zero attached hydrogens (tertiary/aromatic N) is 1. The number of carbonyl (C=O) groups is 1. The number of ether oxygens (including phenoxy) is 1. The van der Waals surface area contributed by atoms with E-state index in [-0.39, 0.29) is 5.91 Å². The Morgan fingerprint density at radius 1 is 1.39 bits per heavy atom. The van der Waals surface area contributed by atoms with Gasteiger partial charge in [-0.2, -0.15) is 0 Å². The normalized spacial score (nSPS) is 11.2. The molecule has 0 aliphatic rings. The third kappa shape index (κ3) is 3.47. The molecule has 1 amide bonds. The maximum Gasteiger partial charge on any atom is 0.232 e. The van der Waals surface area contributed by atoms with Crippen LogP contribution in [0.4, 0.5) is 5.69 Å². The van der Waals surface area contributed by atoms with E-state index in [2.05, 4.69) is 0 Å². The monoisotopic (exact) mass is 250 g/mol. The highest BCUT2D eigenvalue weighted by atomic mass is 16.5. The van der Waals surface area contributed by atoms with Crippen LogP contribution in [-0.4, -0.2) is 26.1 Å². The maximum atomic E-state index is 12.4. The second-order valence-corrected chi connectivity index (χ2v) is 5.20. The van der Waals surface area contributed by atoms with E-state index in [9.17, 15) is 4.79 Å². The molecule has 4 nitrogen and oxygen atoms in total. The molecule has 0 atom stereocenters. The Hall–Kier alpha value is -1.55. The first-order valence-electron chi connectivity index (χ1n) is 6.06. The van der Waals surface area contributed by atoms with Crippen LogP contribution in [0.2, 0.25) is 0 Å². The standard InChI is InChI=1S/C14H22N2O2/c1-14(2,3)13(17)16(9-8-15)11-6-5-7-12(10-11)18-4/h5-7,10H,8-9,15H2,1-4H3. The molecule has 0 aromatic heterocycles. The van der Waals surface area contributed by atoms with E-state index in [4.69, 9.17) is 10.5 Å². The van der Waals surface area contributed by atoms with Gasteiger partial charge in [0.1, 0.15) is 5.75 Å². The fourth-order valence-electron chi connectivity index (χ4n) is 1.66. The van der Waals surface area contributed by atoms with Gasteiger partial charge in [0.2, 0.25) is 5.91 Å². The molecule has 18 heavy (non-hydrogen) atoms. The zero-order valence-electron chi connectivity index (χ0n) is 11.6. The van der Waals surface area contributed by atoms with Crippen LogP contribution < -0.4 is 15.4 Å². The lowest BCUT2D eigenvalue weighted by Crippen LogP contribution is -2.42. The zero-order chi connectivity index (χ0) is 13.8. The molecule has 0 unspecified atom stereocenters. The SMILES string of the molecule is COc1cccc(N(CCN)C(=O)C(C)(C)C)c1. The fraction of sp³-hybridized carbons (Fsp3) is 0.500. The molecule has 1 aromatic rings. The Balaban J connectivity index is 3.07. The number of anilines is 1. The van der Waals surface area contributed by atoms with Crippen molar-refractivity contribution in [2.75, 3.05) is 25.1 Å². The van der Waals surface area contributed by atoms with Crippen molar-refractivity contribution in [3.63, 3.8) is 0 Å². The van der Waals surface area contributed by atoms with Crippen molar-refractivity contribution in [1.29, 1.82) is 0 Å². The average molecular weight is 250 g/mol. The number of carbonyl (C=O) groups excluding carboxylic acids is 1. The van der Waals surface area contributed by atoms with Crippen LogP contribution in [0.5, 0.6) is 5.75 Å². The molecule has 0 aliphatic carbocycles. The van der Waals surface area contributed by atoms with Gasteiger partial charge in [-0.05, 0) is 12.1 Å². The van der Waals surface area contributed by atoms with Crippen molar-refractivity contribution in [3.8, 4) is 5.75 Å². The van der Waals surface area contributed by atoms with Crippen LogP contribution in [0.15, 0.2) is 24.3 Å². The highest BCUT2D eigenvalue weighted by Gasteiger charge is 2.27. The lowest BCUT2D eigenvalue weighted by molar-refractivity contribution is -0.125. The van der Waals surface area contributed by atoms with E-state index < -0.39 is 5.41 Å². The smallest absolute Gasteiger partial charge is 0.232 e. The summed E-state index contributed by atoms with van der Waals surface area (Å²) in [7, 11) is 1.61. The van der Waals surface area contributed by atoms with Crippen LogP contribution in [0.1, 0.15) is 20.8 Å². The number of hydrogen-bond acceptors (Lipinski definition) is 3. The Morgan fingerprint density at radius 2 is 2.06 bits per heavy atom. The molecule has 0 fully saturated rings. The van der Waals surface area contributed by atoms with Gasteiger partial charge in [-0.15, -0.1) is 0 Å². The molecule has 0 radical (unpaired) electrons. The predicted octanol–water partition coefficient (Wildman–Crippen LogP) is 2.03. The third-order valence-corrected chi connectivity index (χ3v) is 2.60. The second-order valence-electron chi connectivity index (χ2n) is 5.20. The lowest BCUT2D eigenvalue weighted by atomic mass is 9.94. The van der Waals surface area contributed by atoms with Crippen LogP contribution in [0, 0.1) is 5.41 Å². The molecule has 0 spiro atoms. The van der Waals surface area contributed by atoms with Gasteiger partial charge in [-0.3, -0.25) is 4.79 Å². The van der Waals surface area contributed by atoms with Gasteiger partial charge in [0, 0.05) is 30.3 Å². The summed E-state index contributed by atoms with van der Waals surface area (Å²) < 4.78 is 5.18. The highest BCUT2D eigenvalue weighted by Crippen LogP contribution is 2.25. The van der Waals surface area contributed by atoms with Crippen molar-refractivity contribution < 1.29 is 9.53 Å². The van der Waals surface area contributed by atoms with Gasteiger partial charge in [0.15, 0.2) is 0 Å². The van der Waals surface area contributed by atoms with Crippen LogP contribution >= 0.6 is 0 Å². The van der Waals surface area contributed by atoms with Crippen molar-refractivity contribution in [2.24, 2.45) is 11.1 Å². The number of hydrogen-bond donors (Lipinski definition) is 1. The van der Waals surface area contributed by atoms with E-state index in [1.165, 1.54) is 0 Å². The number of methoxy groups -OCH3 is 1. The summed E-state index contributed by atoms with van der Waals surface area (Å²) in [5.41, 5.74) is 5.98. The summed E-state index contributed by atoms with van der Waals surface area (Å²) >= 11 is 0. The van der Waals surface area contributed by atoms with Crippen LogP contribution in [0.25, 0.3) is 0 Å². The number of amides is 1. The van der Waals surface area contributed by atoms with Crippen LogP contribution in [-0.2, 0) is 4.79 Å². The topological polar surface area (TPSA) is 55.6 Å². The molecule has 0 aliphatic heterocycles. The maximum absolute atomic E-state index is 12.4. The minimum Gasteiger partial charge on any atom is -0.497 e. The van der Waals surface area contributed by atoms with Crippen molar-refractivity contribution in [2.45, 2.75) is 20.8 Å². The molecule has 1 rings (SSSR count). The number of rotatable bonds is 4. The molecule has 0 heterocycles. The van der Waals surface area contributed by atoms with Gasteiger partial charge in [-0.1, -0.05) is 26.8 Å². The summed E-state index contributed by atoms with van der Waals surface area (Å²) in [5.74, 6) is 0.789. The van der Waals surface area contributed by atoms with Gasteiger partial charge in [0.25, 0.3) is 0 Å². The molecule has 100 valence electrons. The van der Waals surface area contributed by atoms with E-state index in [1.54, 1.807) is 12.0 Å². The summed E-state index contributed by atoms with van der Waals surface area (Å²) in [4.78, 5) is 14.1. The first-order chi connectivity index (χ1) is 8.40. The predicted molar refractivity (Wildman–Crippen MR) is 73.9 cm³/mol. The van der Waals surface area contributed by atoms with Gasteiger partial charge < -0.3 is 15.4 Å². The average Bonchev–Trinajstić information content (AvgIpc) is 2.34. The summed E-state index contributed by atoms with van der Waals surface area (Å²) in [5, 5.41) is 0. The fourth-order valence-corrected chi connectivity index (χ4v) is 1.66. The van der Waals surface area contributed by atoms with Crippen molar-refractivity contribution >= 4 is 11.6 Å². The first-order valence-corrected chi connectivity index (χ1v) is 6.06. The summed E-state index contributed by atoms with van der Waals surface area (Å²) in [6, 6.07) is 7.46. The number of benzene rings is 1. The molecule has 1 aromatic carbocycles. The molecular formula is C14H22N2O2. The van der Waals surface area contributed by atoms with E-state index >= 15 is 0 Å². The van der Waals surface area contributed by atoms with E-state index in [1.807, 2.05) is 45.0 Å². The largest absolute Gasteiger partial charge is 0.497 e. The molecule has 0 bridgehead atoms. The Bertz CT molecular complexity index is 411. The quantitative estimate of drug-likeness (QED) is 0.889. The van der Waals surface area contributed by atoms with Crippen molar-refractivity contribution in [3.05, 3.63) is 24.3 Å². The van der Waals surface area contributed by atoms with Crippen LogP contribution in [0.3, 0.4) is 0 Å². The van der Waals surface area contributed by atoms with Gasteiger partial charge >= 0.3 is 0 Å². The summed E-state index contributed by atoms with van der Waals surface area (Å²) in [6.07, 6.45) is 0. The minimum absolute atomic E-state index is 0.0567.